The Morgan fingerprint density at radius 2 is 2.44 bits per heavy atom. The molecule has 7 heteroatoms. The molecule has 1 aromatic rings. The second-order valence-corrected chi connectivity index (χ2v) is 5.52. The number of thiocarbonyl (C=S) groups is 1. The van der Waals surface area contributed by atoms with E-state index in [0.717, 1.165) is 10.6 Å². The average molecular weight is 272 g/mol. The van der Waals surface area contributed by atoms with Crippen LogP contribution in [0, 0.1) is 0 Å². The molecular weight excluding hydrogens is 264 g/mol. The minimum atomic E-state index is -0.225. The van der Waals surface area contributed by atoms with Gasteiger partial charge >= 0.3 is 0 Å². The van der Waals surface area contributed by atoms with Crippen molar-refractivity contribution in [2.75, 3.05) is 5.75 Å². The van der Waals surface area contributed by atoms with Crippen molar-refractivity contribution >= 4 is 51.5 Å². The van der Waals surface area contributed by atoms with Crippen molar-refractivity contribution in [2.24, 2.45) is 0 Å². The van der Waals surface area contributed by atoms with Gasteiger partial charge in [-0.2, -0.15) is 11.3 Å². The number of hydrogen-bond acceptors (Lipinski definition) is 5. The molecule has 0 spiro atoms. The standard InChI is InChI=1S/C9H8N2O2S3/c12-7(3-6-1-2-15-4-6)10-11-8(13)5-16-9(11)14/h1-2,4H,3,5H2,(H,10,12). The van der Waals surface area contributed by atoms with Crippen LogP contribution in [0.25, 0.3) is 0 Å². The summed E-state index contributed by atoms with van der Waals surface area (Å²) in [6, 6.07) is 1.88. The second-order valence-electron chi connectivity index (χ2n) is 3.13. The van der Waals surface area contributed by atoms with Crippen molar-refractivity contribution in [1.82, 2.24) is 10.4 Å². The number of thiophene rings is 1. The van der Waals surface area contributed by atoms with Gasteiger partial charge in [-0.15, -0.1) is 0 Å². The molecule has 0 unspecified atom stereocenters. The van der Waals surface area contributed by atoms with Gasteiger partial charge in [0.05, 0.1) is 12.2 Å². The summed E-state index contributed by atoms with van der Waals surface area (Å²) in [6.45, 7) is 0. The molecule has 16 heavy (non-hydrogen) atoms. The highest BCUT2D eigenvalue weighted by Gasteiger charge is 2.28. The van der Waals surface area contributed by atoms with Gasteiger partial charge in [-0.1, -0.05) is 24.0 Å². The lowest BCUT2D eigenvalue weighted by Gasteiger charge is -2.15. The van der Waals surface area contributed by atoms with E-state index in [4.69, 9.17) is 12.2 Å². The van der Waals surface area contributed by atoms with Gasteiger partial charge in [-0.25, -0.2) is 5.01 Å². The van der Waals surface area contributed by atoms with E-state index in [0.29, 0.717) is 10.1 Å². The van der Waals surface area contributed by atoms with Crippen LogP contribution in [-0.4, -0.2) is 26.9 Å². The maximum absolute atomic E-state index is 11.6. The lowest BCUT2D eigenvalue weighted by Crippen LogP contribution is -2.45. The first-order valence-electron chi connectivity index (χ1n) is 4.47. The van der Waals surface area contributed by atoms with Crippen LogP contribution in [0.15, 0.2) is 16.8 Å². The van der Waals surface area contributed by atoms with E-state index in [1.165, 1.54) is 23.1 Å². The normalized spacial score (nSPS) is 15.6. The molecule has 1 aromatic heterocycles. The van der Waals surface area contributed by atoms with Gasteiger partial charge in [0.25, 0.3) is 5.91 Å². The molecule has 2 amide bonds. The van der Waals surface area contributed by atoms with Crippen LogP contribution in [0.5, 0.6) is 0 Å². The highest BCUT2D eigenvalue weighted by molar-refractivity contribution is 8.23. The van der Waals surface area contributed by atoms with E-state index in [-0.39, 0.29) is 18.2 Å². The first-order valence-corrected chi connectivity index (χ1v) is 6.81. The number of rotatable bonds is 3. The van der Waals surface area contributed by atoms with Gasteiger partial charge in [-0.3, -0.25) is 15.0 Å². The lowest BCUT2D eigenvalue weighted by atomic mass is 10.2. The molecule has 0 atom stereocenters. The third-order valence-corrected chi connectivity index (χ3v) is 4.02. The Morgan fingerprint density at radius 3 is 3.00 bits per heavy atom. The first-order chi connectivity index (χ1) is 7.66. The number of nitrogens with one attached hydrogen (secondary N) is 1. The Labute approximate surface area is 106 Å². The quantitative estimate of drug-likeness (QED) is 0.840. The summed E-state index contributed by atoms with van der Waals surface area (Å²) in [7, 11) is 0. The fourth-order valence-corrected chi connectivity index (χ4v) is 2.85. The first kappa shape index (κ1) is 11.6. The maximum Gasteiger partial charge on any atom is 0.257 e. The van der Waals surface area contributed by atoms with Crippen molar-refractivity contribution in [3.8, 4) is 0 Å². The highest BCUT2D eigenvalue weighted by Crippen LogP contribution is 2.17. The molecule has 0 aliphatic carbocycles. The minimum absolute atomic E-state index is 0.173. The van der Waals surface area contributed by atoms with Crippen LogP contribution in [-0.2, 0) is 16.0 Å². The van der Waals surface area contributed by atoms with Gasteiger partial charge in [0.1, 0.15) is 0 Å². The molecule has 84 valence electrons. The molecule has 2 rings (SSSR count). The largest absolute Gasteiger partial charge is 0.273 e. The third kappa shape index (κ3) is 2.60. The topological polar surface area (TPSA) is 49.4 Å². The van der Waals surface area contributed by atoms with Crippen LogP contribution < -0.4 is 5.43 Å². The fraction of sp³-hybridized carbons (Fsp3) is 0.222. The van der Waals surface area contributed by atoms with Crippen molar-refractivity contribution < 1.29 is 9.59 Å². The van der Waals surface area contributed by atoms with Crippen LogP contribution in [0.3, 0.4) is 0 Å². The van der Waals surface area contributed by atoms with E-state index in [9.17, 15) is 9.59 Å². The summed E-state index contributed by atoms with van der Waals surface area (Å²) in [5, 5.41) is 4.96. The Kier molecular flexibility index (Phi) is 3.57. The Hall–Kier alpha value is -0.920. The minimum Gasteiger partial charge on any atom is -0.273 e. The monoisotopic (exact) mass is 272 g/mol. The molecule has 1 fully saturated rings. The van der Waals surface area contributed by atoms with E-state index < -0.39 is 0 Å². The molecule has 0 bridgehead atoms. The smallest absolute Gasteiger partial charge is 0.257 e. The Bertz CT molecular complexity index is 414. The van der Waals surface area contributed by atoms with Gasteiger partial charge in [-0.05, 0) is 22.4 Å². The number of thioether (sulfide) groups is 1. The molecule has 1 saturated heterocycles. The predicted octanol–water partition coefficient (Wildman–Crippen LogP) is 1.18. The van der Waals surface area contributed by atoms with Crippen molar-refractivity contribution in [3.05, 3.63) is 22.4 Å². The van der Waals surface area contributed by atoms with E-state index in [2.05, 4.69) is 5.43 Å². The summed E-state index contributed by atoms with van der Waals surface area (Å²) in [4.78, 5) is 22.9. The zero-order valence-electron chi connectivity index (χ0n) is 8.13. The van der Waals surface area contributed by atoms with Gasteiger partial charge in [0.2, 0.25) is 5.91 Å². The highest BCUT2D eigenvalue weighted by atomic mass is 32.2. The molecule has 1 aliphatic rings. The van der Waals surface area contributed by atoms with Crippen molar-refractivity contribution in [3.63, 3.8) is 0 Å². The number of hydrazine groups is 1. The van der Waals surface area contributed by atoms with Gasteiger partial charge < -0.3 is 0 Å². The predicted molar refractivity (Wildman–Crippen MR) is 68.1 cm³/mol. The molecule has 4 nitrogen and oxygen atoms in total. The SMILES string of the molecule is O=C(Cc1ccsc1)NN1C(=O)CSC1=S. The average Bonchev–Trinajstić information content (AvgIpc) is 2.83. The molecule has 1 N–H and O–H groups in total. The summed E-state index contributed by atoms with van der Waals surface area (Å²) in [6.07, 6.45) is 0.264. The summed E-state index contributed by atoms with van der Waals surface area (Å²) in [5.74, 6) is -0.0948. The summed E-state index contributed by atoms with van der Waals surface area (Å²) < 4.78 is 0.406. The molecule has 0 radical (unpaired) electrons. The number of nitrogens with zero attached hydrogens (tertiary/aromatic N) is 1. The molecule has 2 heterocycles. The zero-order valence-corrected chi connectivity index (χ0v) is 10.6. The summed E-state index contributed by atoms with van der Waals surface area (Å²) in [5.41, 5.74) is 3.44. The second kappa shape index (κ2) is 4.94. The molecule has 0 saturated carbocycles. The number of carbonyl (C=O) groups is 2. The molecular formula is C9H8N2O2S3. The Morgan fingerprint density at radius 1 is 1.62 bits per heavy atom. The van der Waals surface area contributed by atoms with E-state index >= 15 is 0 Å². The van der Waals surface area contributed by atoms with Crippen LogP contribution in [0.1, 0.15) is 5.56 Å². The fourth-order valence-electron chi connectivity index (χ4n) is 1.21. The van der Waals surface area contributed by atoms with Crippen molar-refractivity contribution in [1.29, 1.82) is 0 Å². The maximum atomic E-state index is 11.6. The zero-order chi connectivity index (χ0) is 11.5. The van der Waals surface area contributed by atoms with Gasteiger partial charge in [0, 0.05) is 0 Å². The van der Waals surface area contributed by atoms with Crippen LogP contribution >= 0.6 is 35.3 Å². The van der Waals surface area contributed by atoms with E-state index in [1.807, 2.05) is 16.8 Å². The molecule has 1 aliphatic heterocycles. The van der Waals surface area contributed by atoms with Crippen molar-refractivity contribution in [2.45, 2.75) is 6.42 Å². The lowest BCUT2D eigenvalue weighted by molar-refractivity contribution is -0.133. The van der Waals surface area contributed by atoms with E-state index in [1.54, 1.807) is 0 Å². The number of carbonyl (C=O) groups excluding carboxylic acids is 2. The Balaban J connectivity index is 1.92. The summed E-state index contributed by atoms with van der Waals surface area (Å²) >= 11 is 7.73. The van der Waals surface area contributed by atoms with Crippen LogP contribution in [0.2, 0.25) is 0 Å². The van der Waals surface area contributed by atoms with Crippen LogP contribution in [0.4, 0.5) is 0 Å². The van der Waals surface area contributed by atoms with Gasteiger partial charge in [0.15, 0.2) is 4.32 Å². The molecule has 0 aromatic carbocycles. The third-order valence-electron chi connectivity index (χ3n) is 1.93. The number of amides is 2. The number of hydrogen-bond donors (Lipinski definition) is 1.